The van der Waals surface area contributed by atoms with Crippen molar-refractivity contribution < 1.29 is 42.1 Å². The summed E-state index contributed by atoms with van der Waals surface area (Å²) in [5.74, 6) is -0.973. The zero-order chi connectivity index (χ0) is 34.4. The lowest BCUT2D eigenvalue weighted by atomic mass is 10.2. The summed E-state index contributed by atoms with van der Waals surface area (Å²) < 4.78 is 33.2. The van der Waals surface area contributed by atoms with Crippen LogP contribution in [0.3, 0.4) is 0 Å². The maximum atomic E-state index is 12.4. The molecule has 0 aromatic carbocycles. The third-order valence-electron chi connectivity index (χ3n) is 6.25. The molecule has 0 aromatic heterocycles. The average Bonchev–Trinajstić information content (AvgIpc) is 2.99. The van der Waals surface area contributed by atoms with Gasteiger partial charge in [0.1, 0.15) is 19.8 Å². The fraction of sp³-hybridized carbons (Fsp3) is 0.611. The van der Waals surface area contributed by atoms with Gasteiger partial charge in [-0.25, -0.2) is 0 Å². The molecule has 0 amide bonds. The Morgan fingerprint density at radius 1 is 0.696 bits per heavy atom. The van der Waals surface area contributed by atoms with Gasteiger partial charge < -0.3 is 27.9 Å². The molecular weight excluding hydrogens is 605 g/mol. The van der Waals surface area contributed by atoms with Crippen LogP contribution in [0.15, 0.2) is 72.9 Å². The molecule has 0 aliphatic rings. The van der Waals surface area contributed by atoms with E-state index in [0.29, 0.717) is 23.9 Å². The number of carbonyl (C=O) groups excluding carboxylic acids is 2. The van der Waals surface area contributed by atoms with E-state index in [1.807, 2.05) is 40.2 Å². The smallest absolute Gasteiger partial charge is 0.306 e. The van der Waals surface area contributed by atoms with Gasteiger partial charge in [0.05, 0.1) is 27.7 Å². The number of allylic oxidation sites excluding steroid dienone is 12. The minimum atomic E-state index is -4.62. The number of hydrogen-bond donors (Lipinski definition) is 0. The highest BCUT2D eigenvalue weighted by Crippen LogP contribution is 2.38. The molecule has 262 valence electrons. The third kappa shape index (κ3) is 31.4. The van der Waals surface area contributed by atoms with Crippen LogP contribution < -0.4 is 4.89 Å². The lowest BCUT2D eigenvalue weighted by Gasteiger charge is -2.28. The maximum absolute atomic E-state index is 12.4. The summed E-state index contributed by atoms with van der Waals surface area (Å²) in [6.07, 6.45) is 33.2. The van der Waals surface area contributed by atoms with E-state index < -0.39 is 32.5 Å². The van der Waals surface area contributed by atoms with Crippen LogP contribution in [0.2, 0.25) is 0 Å². The first-order valence-electron chi connectivity index (χ1n) is 16.6. The third-order valence-corrected chi connectivity index (χ3v) is 7.22. The highest BCUT2D eigenvalue weighted by Gasteiger charge is 2.21. The number of ether oxygens (including phenoxy) is 2. The molecule has 0 bridgehead atoms. The van der Waals surface area contributed by atoms with Gasteiger partial charge in [-0.3, -0.25) is 14.2 Å². The van der Waals surface area contributed by atoms with Crippen LogP contribution >= 0.6 is 7.82 Å². The van der Waals surface area contributed by atoms with Gasteiger partial charge in [0, 0.05) is 12.8 Å². The minimum absolute atomic E-state index is 0.0485. The van der Waals surface area contributed by atoms with Crippen molar-refractivity contribution in [3.8, 4) is 0 Å². The zero-order valence-electron chi connectivity index (χ0n) is 29.0. The molecule has 0 aliphatic heterocycles. The fourth-order valence-corrected chi connectivity index (χ4v) is 4.35. The largest absolute Gasteiger partial charge is 0.756 e. The molecule has 0 rings (SSSR count). The van der Waals surface area contributed by atoms with Crippen LogP contribution in [-0.4, -0.2) is 70.0 Å². The molecule has 9 nitrogen and oxygen atoms in total. The topological polar surface area (TPSA) is 111 Å². The number of hydrogen-bond acceptors (Lipinski definition) is 8. The summed E-state index contributed by atoms with van der Waals surface area (Å²) in [6.45, 7) is 3.78. The van der Waals surface area contributed by atoms with Crippen molar-refractivity contribution in [1.82, 2.24) is 0 Å². The first kappa shape index (κ1) is 43.5. The molecule has 0 saturated heterocycles. The van der Waals surface area contributed by atoms with Crippen molar-refractivity contribution >= 4 is 19.8 Å². The molecule has 0 aromatic rings. The minimum Gasteiger partial charge on any atom is -0.756 e. The van der Waals surface area contributed by atoms with Crippen molar-refractivity contribution in [1.29, 1.82) is 0 Å². The van der Waals surface area contributed by atoms with Crippen molar-refractivity contribution in [3.63, 3.8) is 0 Å². The summed E-state index contributed by atoms with van der Waals surface area (Å²) in [4.78, 5) is 36.7. The first-order valence-corrected chi connectivity index (χ1v) is 18.1. The molecule has 0 N–H and O–H groups in total. The average molecular weight is 666 g/mol. The number of quaternary nitrogens is 1. The number of esters is 2. The SMILES string of the molecule is CC/C=C\C/C=C\C/C=C\C/C=C\C/C=C\C/C=C\CCC(=O)OC(COC(=O)CCCCC)COP(=O)([O-])OCC[N+](C)(C)C. The van der Waals surface area contributed by atoms with Crippen molar-refractivity contribution in [2.75, 3.05) is 47.5 Å². The van der Waals surface area contributed by atoms with E-state index >= 15 is 0 Å². The maximum Gasteiger partial charge on any atom is 0.306 e. The lowest BCUT2D eigenvalue weighted by Crippen LogP contribution is -2.37. The van der Waals surface area contributed by atoms with Crippen molar-refractivity contribution in [3.05, 3.63) is 72.9 Å². The standard InChI is InChI=1S/C36H60NO8P/c1-6-8-10-11-12-13-14-15-16-17-18-19-20-21-22-23-24-25-27-29-36(39)45-34(32-42-35(38)28-26-9-7-2)33-44-46(40,41)43-31-30-37(3,4)5/h8,10,12-13,15-16,18-19,21-22,24-25,34H,6-7,9,11,14,17,20,23,26-33H2,1-5H3/b10-8-,13-12-,16-15-,19-18-,22-21-,25-24-. The van der Waals surface area contributed by atoms with E-state index in [1.54, 1.807) is 0 Å². The Balaban J connectivity index is 4.46. The van der Waals surface area contributed by atoms with Crippen molar-refractivity contribution in [2.24, 2.45) is 0 Å². The second-order valence-electron chi connectivity index (χ2n) is 11.8. The Morgan fingerprint density at radius 3 is 1.72 bits per heavy atom. The normalized spacial score (nSPS) is 14.8. The van der Waals surface area contributed by atoms with E-state index in [4.69, 9.17) is 18.5 Å². The molecule has 0 heterocycles. The van der Waals surface area contributed by atoms with Crippen LogP contribution in [0.1, 0.15) is 90.9 Å². The van der Waals surface area contributed by atoms with Gasteiger partial charge in [-0.1, -0.05) is 99.6 Å². The lowest BCUT2D eigenvalue weighted by molar-refractivity contribution is -0.870. The van der Waals surface area contributed by atoms with Crippen LogP contribution in [0.4, 0.5) is 0 Å². The van der Waals surface area contributed by atoms with E-state index in [-0.39, 0.29) is 26.1 Å². The van der Waals surface area contributed by atoms with Gasteiger partial charge in [-0.2, -0.15) is 0 Å². The van der Waals surface area contributed by atoms with E-state index in [1.165, 1.54) is 0 Å². The summed E-state index contributed by atoms with van der Waals surface area (Å²) in [5, 5.41) is 0. The molecule has 10 heteroatoms. The molecule has 0 aliphatic carbocycles. The Morgan fingerprint density at radius 2 is 1.22 bits per heavy atom. The van der Waals surface area contributed by atoms with E-state index in [0.717, 1.165) is 51.4 Å². The van der Waals surface area contributed by atoms with Crippen molar-refractivity contribution in [2.45, 2.75) is 97.0 Å². The number of unbranched alkanes of at least 4 members (excludes halogenated alkanes) is 2. The first-order chi connectivity index (χ1) is 22.0. The summed E-state index contributed by atoms with van der Waals surface area (Å²) in [6, 6.07) is 0. The number of carbonyl (C=O) groups is 2. The highest BCUT2D eigenvalue weighted by atomic mass is 31.2. The van der Waals surface area contributed by atoms with Crippen LogP contribution in [0, 0.1) is 0 Å². The van der Waals surface area contributed by atoms with Gasteiger partial charge >= 0.3 is 11.9 Å². The molecule has 0 radical (unpaired) electrons. The van der Waals surface area contributed by atoms with Crippen LogP contribution in [-0.2, 0) is 32.7 Å². The molecule has 2 atom stereocenters. The number of phosphoric acid groups is 1. The van der Waals surface area contributed by atoms with E-state index in [9.17, 15) is 19.0 Å². The Kier molecular flexibility index (Phi) is 27.1. The summed E-state index contributed by atoms with van der Waals surface area (Å²) in [5.41, 5.74) is 0. The van der Waals surface area contributed by atoms with E-state index in [2.05, 4.69) is 67.7 Å². The second-order valence-corrected chi connectivity index (χ2v) is 13.2. The van der Waals surface area contributed by atoms with Crippen LogP contribution in [0.5, 0.6) is 0 Å². The van der Waals surface area contributed by atoms with Gasteiger partial charge in [0.2, 0.25) is 0 Å². The predicted octanol–water partition coefficient (Wildman–Crippen LogP) is 7.71. The fourth-order valence-electron chi connectivity index (χ4n) is 3.62. The number of phosphoric ester groups is 1. The molecule has 2 unspecified atom stereocenters. The van der Waals surface area contributed by atoms with Gasteiger partial charge in [0.25, 0.3) is 7.82 Å². The molecular formula is C36H60NO8P. The zero-order valence-corrected chi connectivity index (χ0v) is 29.9. The quantitative estimate of drug-likeness (QED) is 0.0275. The van der Waals surface area contributed by atoms with Crippen LogP contribution in [0.25, 0.3) is 0 Å². The highest BCUT2D eigenvalue weighted by molar-refractivity contribution is 7.45. The molecule has 0 fully saturated rings. The van der Waals surface area contributed by atoms with Gasteiger partial charge in [-0.05, 0) is 51.4 Å². The second kappa shape index (κ2) is 28.7. The van der Waals surface area contributed by atoms with Gasteiger partial charge in [0.15, 0.2) is 6.10 Å². The molecule has 0 spiro atoms. The number of rotatable bonds is 28. The Labute approximate surface area is 278 Å². The summed E-state index contributed by atoms with van der Waals surface area (Å²) >= 11 is 0. The monoisotopic (exact) mass is 665 g/mol. The number of likely N-dealkylation sites (N-methyl/N-ethyl adjacent to an activating group) is 1. The Hall–Kier alpha value is -2.55. The number of nitrogens with zero attached hydrogens (tertiary/aromatic N) is 1. The molecule has 46 heavy (non-hydrogen) atoms. The molecule has 0 saturated carbocycles. The van der Waals surface area contributed by atoms with Gasteiger partial charge in [-0.15, -0.1) is 0 Å². The summed E-state index contributed by atoms with van der Waals surface area (Å²) in [7, 11) is 1.10. The predicted molar refractivity (Wildman–Crippen MR) is 185 cm³/mol. The Bertz CT molecular complexity index is 1020.